The van der Waals surface area contributed by atoms with Crippen LogP contribution in [0.15, 0.2) is 48.5 Å². The molecule has 2 aromatic carbocycles. The monoisotopic (exact) mass is 324 g/mol. The summed E-state index contributed by atoms with van der Waals surface area (Å²) < 4.78 is 0. The topological polar surface area (TPSA) is 52.6 Å². The van der Waals surface area contributed by atoms with Crippen molar-refractivity contribution in [3.8, 4) is 11.1 Å². The number of carbonyl (C=O) groups excluding carboxylic acids is 1. The minimum absolute atomic E-state index is 0.0274. The van der Waals surface area contributed by atoms with Crippen LogP contribution in [0.1, 0.15) is 24.8 Å². The number of hydrogen-bond acceptors (Lipinski definition) is 2. The standard InChI is InChI=1S/C20H24N2O2/c1-15-6-2-3-8-19(15)16-9-11-17(12-10-16)21-20(24)22-13-5-4-7-18(22)14-23/h2-3,6,8-12,18,23H,4-5,7,13-14H2,1H3,(H,21,24). The van der Waals surface area contributed by atoms with Crippen molar-refractivity contribution in [2.75, 3.05) is 18.5 Å². The van der Waals surface area contributed by atoms with E-state index in [2.05, 4.69) is 24.4 Å². The number of nitrogens with zero attached hydrogens (tertiary/aromatic N) is 1. The molecule has 1 atom stereocenters. The lowest BCUT2D eigenvalue weighted by molar-refractivity contribution is 0.115. The van der Waals surface area contributed by atoms with Crippen molar-refractivity contribution >= 4 is 11.7 Å². The Morgan fingerprint density at radius 2 is 1.92 bits per heavy atom. The summed E-state index contributed by atoms with van der Waals surface area (Å²) in [6.07, 6.45) is 2.94. The number of piperidine rings is 1. The fraction of sp³-hybridized carbons (Fsp3) is 0.350. The zero-order chi connectivity index (χ0) is 16.9. The predicted octanol–water partition coefficient (Wildman–Crippen LogP) is 4.04. The number of urea groups is 1. The predicted molar refractivity (Wildman–Crippen MR) is 97.1 cm³/mol. The van der Waals surface area contributed by atoms with Crippen molar-refractivity contribution in [2.24, 2.45) is 0 Å². The fourth-order valence-electron chi connectivity index (χ4n) is 3.28. The first kappa shape index (κ1) is 16.5. The van der Waals surface area contributed by atoms with E-state index in [9.17, 15) is 9.90 Å². The SMILES string of the molecule is Cc1ccccc1-c1ccc(NC(=O)N2CCCCC2CO)cc1. The van der Waals surface area contributed by atoms with Gasteiger partial charge in [-0.1, -0.05) is 36.4 Å². The number of aliphatic hydroxyl groups excluding tert-OH is 1. The third-order valence-electron chi connectivity index (χ3n) is 4.69. The summed E-state index contributed by atoms with van der Waals surface area (Å²) in [6, 6.07) is 16.0. The summed E-state index contributed by atoms with van der Waals surface area (Å²) >= 11 is 0. The molecular formula is C20H24N2O2. The van der Waals surface area contributed by atoms with Crippen LogP contribution in [0.2, 0.25) is 0 Å². The number of aryl methyl sites for hydroxylation is 1. The number of hydrogen-bond donors (Lipinski definition) is 2. The molecule has 2 amide bonds. The second-order valence-electron chi connectivity index (χ2n) is 6.35. The van der Waals surface area contributed by atoms with E-state index < -0.39 is 0 Å². The van der Waals surface area contributed by atoms with E-state index in [1.54, 1.807) is 4.90 Å². The first-order chi connectivity index (χ1) is 11.7. The van der Waals surface area contributed by atoms with E-state index in [-0.39, 0.29) is 18.7 Å². The molecule has 2 N–H and O–H groups in total. The number of nitrogens with one attached hydrogen (secondary N) is 1. The van der Waals surface area contributed by atoms with Crippen molar-refractivity contribution < 1.29 is 9.90 Å². The second-order valence-corrected chi connectivity index (χ2v) is 6.35. The Morgan fingerprint density at radius 1 is 1.17 bits per heavy atom. The Morgan fingerprint density at radius 3 is 2.62 bits per heavy atom. The van der Waals surface area contributed by atoms with Gasteiger partial charge in [0.05, 0.1) is 12.6 Å². The van der Waals surface area contributed by atoms with Gasteiger partial charge in [0.25, 0.3) is 0 Å². The fourth-order valence-corrected chi connectivity index (χ4v) is 3.28. The highest BCUT2D eigenvalue weighted by Crippen LogP contribution is 2.25. The van der Waals surface area contributed by atoms with Crippen LogP contribution in [0.25, 0.3) is 11.1 Å². The highest BCUT2D eigenvalue weighted by atomic mass is 16.3. The molecule has 0 spiro atoms. The number of benzene rings is 2. The molecule has 2 aromatic rings. The molecule has 1 heterocycles. The van der Waals surface area contributed by atoms with Gasteiger partial charge in [0.1, 0.15) is 0 Å². The van der Waals surface area contributed by atoms with E-state index in [0.717, 1.165) is 30.5 Å². The highest BCUT2D eigenvalue weighted by molar-refractivity contribution is 5.90. The summed E-state index contributed by atoms with van der Waals surface area (Å²) in [6.45, 7) is 2.83. The minimum atomic E-state index is -0.127. The summed E-state index contributed by atoms with van der Waals surface area (Å²) in [5.74, 6) is 0. The molecule has 4 nitrogen and oxygen atoms in total. The van der Waals surface area contributed by atoms with Crippen molar-refractivity contribution in [3.63, 3.8) is 0 Å². The van der Waals surface area contributed by atoms with Gasteiger partial charge in [0.2, 0.25) is 0 Å². The molecule has 0 saturated carbocycles. The van der Waals surface area contributed by atoms with Gasteiger partial charge in [-0.15, -0.1) is 0 Å². The number of anilines is 1. The molecule has 1 fully saturated rings. The highest BCUT2D eigenvalue weighted by Gasteiger charge is 2.25. The van der Waals surface area contributed by atoms with E-state index in [1.807, 2.05) is 36.4 Å². The molecule has 1 unspecified atom stereocenters. The Labute approximate surface area is 143 Å². The van der Waals surface area contributed by atoms with Gasteiger partial charge in [0, 0.05) is 12.2 Å². The maximum Gasteiger partial charge on any atom is 0.322 e. The van der Waals surface area contributed by atoms with Crippen LogP contribution in [0, 0.1) is 6.92 Å². The molecule has 0 aromatic heterocycles. The van der Waals surface area contributed by atoms with Crippen LogP contribution in [0.4, 0.5) is 10.5 Å². The smallest absolute Gasteiger partial charge is 0.322 e. The quantitative estimate of drug-likeness (QED) is 0.895. The Hall–Kier alpha value is -2.33. The van der Waals surface area contributed by atoms with Crippen LogP contribution < -0.4 is 5.32 Å². The van der Waals surface area contributed by atoms with E-state index >= 15 is 0 Å². The summed E-state index contributed by atoms with van der Waals surface area (Å²) in [5.41, 5.74) is 4.34. The lowest BCUT2D eigenvalue weighted by Crippen LogP contribution is -2.47. The maximum atomic E-state index is 12.4. The zero-order valence-corrected chi connectivity index (χ0v) is 14.0. The molecule has 126 valence electrons. The molecule has 0 aliphatic carbocycles. The number of rotatable bonds is 3. The number of amides is 2. The van der Waals surface area contributed by atoms with E-state index in [0.29, 0.717) is 6.54 Å². The summed E-state index contributed by atoms with van der Waals surface area (Å²) in [7, 11) is 0. The molecule has 1 aliphatic heterocycles. The van der Waals surface area contributed by atoms with Crippen LogP contribution in [-0.4, -0.2) is 35.2 Å². The van der Waals surface area contributed by atoms with E-state index in [1.165, 1.54) is 11.1 Å². The van der Waals surface area contributed by atoms with Gasteiger partial charge in [-0.25, -0.2) is 4.79 Å². The molecule has 1 aliphatic rings. The van der Waals surface area contributed by atoms with Crippen molar-refractivity contribution in [3.05, 3.63) is 54.1 Å². The molecule has 3 rings (SSSR count). The van der Waals surface area contributed by atoms with Gasteiger partial charge in [-0.05, 0) is 55.0 Å². The van der Waals surface area contributed by atoms with Crippen molar-refractivity contribution in [1.29, 1.82) is 0 Å². The largest absolute Gasteiger partial charge is 0.394 e. The average Bonchev–Trinajstić information content (AvgIpc) is 2.63. The number of likely N-dealkylation sites (tertiary alicyclic amines) is 1. The van der Waals surface area contributed by atoms with Crippen LogP contribution >= 0.6 is 0 Å². The van der Waals surface area contributed by atoms with Gasteiger partial charge in [-0.3, -0.25) is 0 Å². The van der Waals surface area contributed by atoms with Gasteiger partial charge >= 0.3 is 6.03 Å². The average molecular weight is 324 g/mol. The number of aliphatic hydroxyl groups is 1. The normalized spacial score (nSPS) is 17.6. The Bertz CT molecular complexity index is 697. The summed E-state index contributed by atoms with van der Waals surface area (Å²) in [4.78, 5) is 14.2. The van der Waals surface area contributed by atoms with Gasteiger partial charge in [0.15, 0.2) is 0 Å². The van der Waals surface area contributed by atoms with Gasteiger partial charge < -0.3 is 15.3 Å². The van der Waals surface area contributed by atoms with Crippen LogP contribution in [0.3, 0.4) is 0 Å². The zero-order valence-electron chi connectivity index (χ0n) is 14.0. The van der Waals surface area contributed by atoms with E-state index in [4.69, 9.17) is 0 Å². The first-order valence-corrected chi connectivity index (χ1v) is 8.53. The Balaban J connectivity index is 1.70. The molecule has 0 bridgehead atoms. The second kappa shape index (κ2) is 7.49. The molecule has 4 heteroatoms. The third-order valence-corrected chi connectivity index (χ3v) is 4.69. The van der Waals surface area contributed by atoms with Gasteiger partial charge in [-0.2, -0.15) is 0 Å². The number of carbonyl (C=O) groups is 1. The van der Waals surface area contributed by atoms with Crippen LogP contribution in [-0.2, 0) is 0 Å². The third kappa shape index (κ3) is 3.60. The first-order valence-electron chi connectivity index (χ1n) is 8.53. The molecular weight excluding hydrogens is 300 g/mol. The molecule has 0 radical (unpaired) electrons. The van der Waals surface area contributed by atoms with Crippen molar-refractivity contribution in [1.82, 2.24) is 4.90 Å². The summed E-state index contributed by atoms with van der Waals surface area (Å²) in [5, 5.41) is 12.4. The van der Waals surface area contributed by atoms with Crippen LogP contribution in [0.5, 0.6) is 0 Å². The maximum absolute atomic E-state index is 12.4. The Kier molecular flexibility index (Phi) is 5.16. The lowest BCUT2D eigenvalue weighted by Gasteiger charge is -2.34. The molecule has 24 heavy (non-hydrogen) atoms. The molecule has 1 saturated heterocycles. The van der Waals surface area contributed by atoms with Crippen molar-refractivity contribution in [2.45, 2.75) is 32.2 Å². The minimum Gasteiger partial charge on any atom is -0.394 e. The lowest BCUT2D eigenvalue weighted by atomic mass is 10.0.